The molecule has 1 amide bonds. The monoisotopic (exact) mass is 472 g/mol. The third-order valence-electron chi connectivity index (χ3n) is 6.87. The number of furan rings is 1. The van der Waals surface area contributed by atoms with E-state index in [-0.39, 0.29) is 18.3 Å². The summed E-state index contributed by atoms with van der Waals surface area (Å²) < 4.78 is 11.6. The number of carbonyl (C=O) groups is 1. The summed E-state index contributed by atoms with van der Waals surface area (Å²) in [6.45, 7) is 2.69. The molecule has 1 aliphatic heterocycles. The lowest BCUT2D eigenvalue weighted by atomic mass is 9.88. The van der Waals surface area contributed by atoms with Gasteiger partial charge in [0.15, 0.2) is 5.76 Å². The molecule has 0 saturated carbocycles. The van der Waals surface area contributed by atoms with Crippen molar-refractivity contribution >= 4 is 27.6 Å². The maximum Gasteiger partial charge on any atom is 0.289 e. The number of nitrogens with zero attached hydrogens (tertiary/aromatic N) is 2. The SMILES string of the molecule is CN(C)C(=O)c1cc2c(OC[C@@H](O)CN3CCC(c4ccc5ccccc5c4)CC3)cccc2o1. The van der Waals surface area contributed by atoms with Gasteiger partial charge in [-0.25, -0.2) is 0 Å². The molecule has 4 aromatic rings. The van der Waals surface area contributed by atoms with Crippen molar-refractivity contribution in [3.63, 3.8) is 0 Å². The molecular formula is C29H32N2O4. The van der Waals surface area contributed by atoms with Gasteiger partial charge in [0.1, 0.15) is 24.0 Å². The van der Waals surface area contributed by atoms with Crippen LogP contribution in [0.1, 0.15) is 34.9 Å². The van der Waals surface area contributed by atoms with E-state index in [1.807, 2.05) is 18.2 Å². The van der Waals surface area contributed by atoms with E-state index in [1.165, 1.54) is 21.2 Å². The summed E-state index contributed by atoms with van der Waals surface area (Å²) in [5, 5.41) is 14.0. The van der Waals surface area contributed by atoms with Crippen LogP contribution in [-0.2, 0) is 0 Å². The summed E-state index contributed by atoms with van der Waals surface area (Å²) >= 11 is 0. The van der Waals surface area contributed by atoms with Gasteiger partial charge in [-0.15, -0.1) is 0 Å². The molecule has 1 aromatic heterocycles. The molecule has 1 N–H and O–H groups in total. The molecular weight excluding hydrogens is 440 g/mol. The Hall–Kier alpha value is -3.35. The number of benzene rings is 3. The largest absolute Gasteiger partial charge is 0.490 e. The van der Waals surface area contributed by atoms with Gasteiger partial charge in [-0.05, 0) is 60.3 Å². The Morgan fingerprint density at radius 1 is 1.06 bits per heavy atom. The summed E-state index contributed by atoms with van der Waals surface area (Å²) in [6, 6.07) is 22.5. The Balaban J connectivity index is 1.15. The first-order chi connectivity index (χ1) is 17.0. The normalized spacial score (nSPS) is 16.0. The second-order valence-corrected chi connectivity index (χ2v) is 9.62. The van der Waals surface area contributed by atoms with Crippen LogP contribution in [0.2, 0.25) is 0 Å². The quantitative estimate of drug-likeness (QED) is 0.414. The van der Waals surface area contributed by atoms with Crippen LogP contribution in [0.5, 0.6) is 5.75 Å². The molecule has 6 nitrogen and oxygen atoms in total. The Morgan fingerprint density at radius 2 is 1.83 bits per heavy atom. The van der Waals surface area contributed by atoms with Crippen LogP contribution in [-0.4, -0.2) is 67.3 Å². The lowest BCUT2D eigenvalue weighted by Crippen LogP contribution is -2.40. The molecule has 6 heteroatoms. The number of likely N-dealkylation sites (tertiary alicyclic amines) is 1. The second kappa shape index (κ2) is 10.1. The van der Waals surface area contributed by atoms with Gasteiger partial charge in [-0.1, -0.05) is 48.5 Å². The Labute approximate surface area is 205 Å². The summed E-state index contributed by atoms with van der Waals surface area (Å²) in [7, 11) is 3.38. The highest BCUT2D eigenvalue weighted by Gasteiger charge is 2.23. The van der Waals surface area contributed by atoms with Crippen LogP contribution in [0, 0.1) is 0 Å². The summed E-state index contributed by atoms with van der Waals surface area (Å²) in [5.41, 5.74) is 2.01. The average molecular weight is 473 g/mol. The number of β-amino-alcohol motifs (C(OH)–C–C–N with tert-alkyl or cyclic N) is 1. The first-order valence-corrected chi connectivity index (χ1v) is 12.2. The van der Waals surface area contributed by atoms with Crippen molar-refractivity contribution in [3.05, 3.63) is 78.1 Å². The molecule has 1 aliphatic rings. The van der Waals surface area contributed by atoms with Gasteiger partial charge in [0.2, 0.25) is 0 Å². The van der Waals surface area contributed by atoms with Crippen molar-refractivity contribution in [1.29, 1.82) is 0 Å². The fraction of sp³-hybridized carbons (Fsp3) is 0.345. The molecule has 1 saturated heterocycles. The van der Waals surface area contributed by atoms with Gasteiger partial charge in [-0.2, -0.15) is 0 Å². The zero-order valence-electron chi connectivity index (χ0n) is 20.3. The molecule has 0 radical (unpaired) electrons. The molecule has 0 spiro atoms. The van der Waals surface area contributed by atoms with Gasteiger partial charge in [0, 0.05) is 26.7 Å². The van der Waals surface area contributed by atoms with Crippen molar-refractivity contribution < 1.29 is 19.1 Å². The second-order valence-electron chi connectivity index (χ2n) is 9.62. The van der Waals surface area contributed by atoms with E-state index in [0.717, 1.165) is 31.3 Å². The summed E-state index contributed by atoms with van der Waals surface area (Å²) in [4.78, 5) is 16.0. The van der Waals surface area contributed by atoms with E-state index in [9.17, 15) is 9.90 Å². The molecule has 5 rings (SSSR count). The van der Waals surface area contributed by atoms with E-state index in [2.05, 4.69) is 47.4 Å². The lowest BCUT2D eigenvalue weighted by molar-refractivity contribution is 0.0599. The Kier molecular flexibility index (Phi) is 6.75. The predicted molar refractivity (Wildman–Crippen MR) is 138 cm³/mol. The summed E-state index contributed by atoms with van der Waals surface area (Å²) in [6.07, 6.45) is 1.57. The van der Waals surface area contributed by atoms with E-state index >= 15 is 0 Å². The summed E-state index contributed by atoms with van der Waals surface area (Å²) in [5.74, 6) is 1.25. The molecule has 182 valence electrons. The van der Waals surface area contributed by atoms with Gasteiger partial charge >= 0.3 is 0 Å². The predicted octanol–water partition coefficient (Wildman–Crippen LogP) is 4.91. The minimum Gasteiger partial charge on any atom is -0.490 e. The number of rotatable bonds is 7. The number of ether oxygens (including phenoxy) is 1. The van der Waals surface area contributed by atoms with Crippen LogP contribution in [0.15, 0.2) is 71.1 Å². The standard InChI is InChI=1S/C29H32N2O4/c1-30(2)29(33)28-17-25-26(8-5-9-27(25)35-28)34-19-24(32)18-31-14-12-21(13-15-31)23-11-10-20-6-3-4-7-22(20)16-23/h3-11,16-17,21,24,32H,12-15,18-19H2,1-2H3/t24-/m0/s1. The molecule has 3 aromatic carbocycles. The number of amides is 1. The maximum atomic E-state index is 12.2. The number of aliphatic hydroxyl groups is 1. The van der Waals surface area contributed by atoms with Gasteiger partial charge < -0.3 is 24.1 Å². The van der Waals surface area contributed by atoms with E-state index < -0.39 is 6.10 Å². The third-order valence-corrected chi connectivity index (χ3v) is 6.87. The van der Waals surface area contributed by atoms with Gasteiger partial charge in [0.25, 0.3) is 5.91 Å². The van der Waals surface area contributed by atoms with E-state index in [0.29, 0.717) is 23.8 Å². The average Bonchev–Trinajstić information content (AvgIpc) is 3.32. The zero-order valence-corrected chi connectivity index (χ0v) is 20.3. The maximum absolute atomic E-state index is 12.2. The van der Waals surface area contributed by atoms with Crippen molar-refractivity contribution in [1.82, 2.24) is 9.80 Å². The van der Waals surface area contributed by atoms with Crippen LogP contribution in [0.25, 0.3) is 21.7 Å². The molecule has 0 aliphatic carbocycles. The highest BCUT2D eigenvalue weighted by atomic mass is 16.5. The minimum atomic E-state index is -0.600. The molecule has 0 unspecified atom stereocenters. The fourth-order valence-electron chi connectivity index (χ4n) is 4.93. The van der Waals surface area contributed by atoms with Gasteiger partial charge in [0.05, 0.1) is 5.39 Å². The Bertz CT molecular complexity index is 1320. The number of carbonyl (C=O) groups excluding carboxylic acids is 1. The fourth-order valence-corrected chi connectivity index (χ4v) is 4.93. The minimum absolute atomic E-state index is 0.186. The number of aliphatic hydroxyl groups excluding tert-OH is 1. The molecule has 35 heavy (non-hydrogen) atoms. The van der Waals surface area contributed by atoms with Crippen molar-refractivity contribution in [2.75, 3.05) is 40.3 Å². The highest BCUT2D eigenvalue weighted by Crippen LogP contribution is 2.31. The van der Waals surface area contributed by atoms with Crippen LogP contribution >= 0.6 is 0 Å². The first-order valence-electron chi connectivity index (χ1n) is 12.2. The van der Waals surface area contributed by atoms with Crippen LogP contribution in [0.4, 0.5) is 0 Å². The Morgan fingerprint density at radius 3 is 2.60 bits per heavy atom. The van der Waals surface area contributed by atoms with Gasteiger partial charge in [-0.3, -0.25) is 4.79 Å². The lowest BCUT2D eigenvalue weighted by Gasteiger charge is -2.33. The molecule has 1 fully saturated rings. The highest BCUT2D eigenvalue weighted by molar-refractivity contribution is 5.97. The van der Waals surface area contributed by atoms with Crippen molar-refractivity contribution in [2.45, 2.75) is 24.9 Å². The van der Waals surface area contributed by atoms with E-state index in [4.69, 9.17) is 9.15 Å². The zero-order chi connectivity index (χ0) is 24.4. The number of hydrogen-bond acceptors (Lipinski definition) is 5. The molecule has 0 bridgehead atoms. The first kappa shape index (κ1) is 23.4. The van der Waals surface area contributed by atoms with E-state index in [1.54, 1.807) is 20.2 Å². The van der Waals surface area contributed by atoms with Crippen LogP contribution in [0.3, 0.4) is 0 Å². The van der Waals surface area contributed by atoms with Crippen molar-refractivity contribution in [2.24, 2.45) is 0 Å². The topological polar surface area (TPSA) is 66.2 Å². The molecule has 2 heterocycles. The smallest absolute Gasteiger partial charge is 0.289 e. The number of hydrogen-bond donors (Lipinski definition) is 1. The van der Waals surface area contributed by atoms with Crippen LogP contribution < -0.4 is 4.74 Å². The van der Waals surface area contributed by atoms with Crippen molar-refractivity contribution in [3.8, 4) is 5.75 Å². The number of fused-ring (bicyclic) bond motifs is 2. The third kappa shape index (κ3) is 5.19. The number of piperidine rings is 1. The molecule has 1 atom stereocenters.